The van der Waals surface area contributed by atoms with Crippen molar-refractivity contribution in [2.75, 3.05) is 31.5 Å². The molecular weight excluding hydrogens is 436 g/mol. The number of hydrogen-bond donors (Lipinski definition) is 4. The number of esters is 1. The van der Waals surface area contributed by atoms with Crippen molar-refractivity contribution >= 4 is 35.1 Å². The van der Waals surface area contributed by atoms with Crippen LogP contribution < -0.4 is 15.4 Å². The summed E-state index contributed by atoms with van der Waals surface area (Å²) < 4.78 is 5.16. The monoisotopic (exact) mass is 468 g/mol. The number of aromatic amines is 1. The zero-order chi connectivity index (χ0) is 25.0. The lowest BCUT2D eigenvalue weighted by atomic mass is 10.0. The van der Waals surface area contributed by atoms with Gasteiger partial charge >= 0.3 is 5.97 Å². The Morgan fingerprint density at radius 3 is 2.59 bits per heavy atom. The molecule has 1 aromatic carbocycles. The summed E-state index contributed by atoms with van der Waals surface area (Å²) in [6, 6.07) is 4.76. The summed E-state index contributed by atoms with van der Waals surface area (Å²) in [6.45, 7) is 12.3. The van der Waals surface area contributed by atoms with Crippen LogP contribution in [0.2, 0.25) is 0 Å². The first kappa shape index (κ1) is 25.2. The van der Waals surface area contributed by atoms with E-state index in [1.807, 2.05) is 13.8 Å². The van der Waals surface area contributed by atoms with E-state index in [-0.39, 0.29) is 17.6 Å². The summed E-state index contributed by atoms with van der Waals surface area (Å²) in [7, 11) is 0. The van der Waals surface area contributed by atoms with Gasteiger partial charge in [-0.05, 0) is 63.7 Å². The van der Waals surface area contributed by atoms with E-state index in [1.54, 1.807) is 24.3 Å². The molecule has 0 unspecified atom stereocenters. The molecule has 3 rings (SSSR count). The summed E-state index contributed by atoms with van der Waals surface area (Å²) >= 11 is 0. The Balaban J connectivity index is 1.85. The van der Waals surface area contributed by atoms with Crippen LogP contribution in [-0.4, -0.2) is 65.1 Å². The number of benzene rings is 1. The zero-order valence-electron chi connectivity index (χ0n) is 20.2. The van der Waals surface area contributed by atoms with Gasteiger partial charge in [0.05, 0.1) is 11.1 Å². The summed E-state index contributed by atoms with van der Waals surface area (Å²) in [5.41, 5.74) is 4.19. The largest absolute Gasteiger partial charge is 0.425 e. The van der Waals surface area contributed by atoms with Gasteiger partial charge in [0, 0.05) is 35.7 Å². The molecule has 0 saturated carbocycles. The second kappa shape index (κ2) is 10.7. The van der Waals surface area contributed by atoms with Crippen LogP contribution in [0.1, 0.15) is 53.6 Å². The number of aromatic nitrogens is 1. The van der Waals surface area contributed by atoms with Crippen LogP contribution in [0, 0.1) is 13.8 Å². The molecule has 4 N–H and O–H groups in total. The van der Waals surface area contributed by atoms with Crippen LogP contribution in [0.3, 0.4) is 0 Å². The van der Waals surface area contributed by atoms with E-state index in [9.17, 15) is 19.5 Å². The number of ether oxygens (including phenoxy) is 1. The maximum absolute atomic E-state index is 12.8. The first-order valence-corrected chi connectivity index (χ1v) is 11.4. The van der Waals surface area contributed by atoms with Gasteiger partial charge in [-0.25, -0.2) is 4.79 Å². The first-order chi connectivity index (χ1) is 16.2. The van der Waals surface area contributed by atoms with E-state index in [0.717, 1.165) is 25.2 Å². The van der Waals surface area contributed by atoms with E-state index >= 15 is 0 Å². The number of rotatable bonds is 9. The molecule has 0 aliphatic carbocycles. The van der Waals surface area contributed by atoms with Crippen LogP contribution in [0.25, 0.3) is 11.6 Å². The number of aryl methyl sites for hydroxylation is 1. The molecule has 34 heavy (non-hydrogen) atoms. The smallest absolute Gasteiger partial charge is 0.340 e. The number of fused-ring (bicyclic) bond motifs is 1. The highest BCUT2D eigenvalue weighted by atomic mass is 16.5. The average molecular weight is 469 g/mol. The van der Waals surface area contributed by atoms with Gasteiger partial charge in [-0.2, -0.15) is 0 Å². The number of carbonyl (C=O) groups is 3. The fourth-order valence-corrected chi connectivity index (χ4v) is 3.93. The van der Waals surface area contributed by atoms with Crippen molar-refractivity contribution in [2.24, 2.45) is 0 Å². The Labute approximate surface area is 199 Å². The maximum Gasteiger partial charge on any atom is 0.340 e. The number of amides is 2. The highest BCUT2D eigenvalue weighted by Crippen LogP contribution is 2.36. The van der Waals surface area contributed by atoms with Crippen molar-refractivity contribution in [2.45, 2.75) is 40.7 Å². The van der Waals surface area contributed by atoms with Crippen molar-refractivity contribution in [3.05, 3.63) is 46.3 Å². The number of aliphatic hydroxyl groups excluding tert-OH is 1. The van der Waals surface area contributed by atoms with E-state index in [4.69, 9.17) is 4.74 Å². The van der Waals surface area contributed by atoms with Gasteiger partial charge in [0.25, 0.3) is 11.8 Å². The van der Waals surface area contributed by atoms with Crippen LogP contribution in [0.4, 0.5) is 5.69 Å². The predicted molar refractivity (Wildman–Crippen MR) is 131 cm³/mol. The molecule has 2 aromatic rings. The molecular formula is C25H32N4O5. The topological polar surface area (TPSA) is 124 Å². The van der Waals surface area contributed by atoms with Crippen molar-refractivity contribution in [3.8, 4) is 5.75 Å². The number of likely N-dealkylation sites (N-methyl/N-ethyl adjacent to an activating group) is 1. The predicted octanol–water partition coefficient (Wildman–Crippen LogP) is 2.48. The molecule has 9 nitrogen and oxygen atoms in total. The van der Waals surface area contributed by atoms with E-state index in [0.29, 0.717) is 40.3 Å². The van der Waals surface area contributed by atoms with Crippen LogP contribution in [0.15, 0.2) is 18.2 Å². The molecule has 9 heteroatoms. The van der Waals surface area contributed by atoms with E-state index in [1.165, 1.54) is 6.92 Å². The lowest BCUT2D eigenvalue weighted by molar-refractivity contribution is -0.142. The number of aliphatic hydroxyl groups is 1. The lowest BCUT2D eigenvalue weighted by Gasteiger charge is -2.18. The van der Waals surface area contributed by atoms with Crippen molar-refractivity contribution < 1.29 is 24.2 Å². The molecule has 0 saturated heterocycles. The minimum atomic E-state index is -1.26. The van der Waals surface area contributed by atoms with Crippen LogP contribution in [-0.2, 0) is 9.59 Å². The third-order valence-electron chi connectivity index (χ3n) is 5.93. The Kier molecular flexibility index (Phi) is 7.90. The van der Waals surface area contributed by atoms with Gasteiger partial charge in [0.2, 0.25) is 0 Å². The lowest BCUT2D eigenvalue weighted by Crippen LogP contribution is -2.35. The molecule has 0 bridgehead atoms. The summed E-state index contributed by atoms with van der Waals surface area (Å²) in [5.74, 6) is -1.02. The average Bonchev–Trinajstić information content (AvgIpc) is 3.25. The molecule has 1 aliphatic heterocycles. The fraction of sp³-hybridized carbons (Fsp3) is 0.400. The molecule has 1 aromatic heterocycles. The second-order valence-electron chi connectivity index (χ2n) is 8.26. The quantitative estimate of drug-likeness (QED) is 0.255. The van der Waals surface area contributed by atoms with Gasteiger partial charge < -0.3 is 30.4 Å². The van der Waals surface area contributed by atoms with Gasteiger partial charge in [-0.15, -0.1) is 0 Å². The van der Waals surface area contributed by atoms with Gasteiger partial charge in [-0.1, -0.05) is 13.8 Å². The number of anilines is 1. The highest BCUT2D eigenvalue weighted by molar-refractivity contribution is 6.35. The van der Waals surface area contributed by atoms with E-state index in [2.05, 4.69) is 34.4 Å². The van der Waals surface area contributed by atoms with Crippen LogP contribution >= 0.6 is 0 Å². The number of nitrogens with one attached hydrogen (secondary N) is 3. The zero-order valence-corrected chi connectivity index (χ0v) is 20.2. The SMILES string of the molecule is CCN(CC)CCNC(=O)c1c(C)[nH]c(/C=C2/C(=O)Nc3ccc(OC(=O)[C@H](C)O)cc32)c1C. The number of hydrogen-bond acceptors (Lipinski definition) is 6. The first-order valence-electron chi connectivity index (χ1n) is 11.4. The fourth-order valence-electron chi connectivity index (χ4n) is 3.93. The van der Waals surface area contributed by atoms with Gasteiger partial charge in [-0.3, -0.25) is 9.59 Å². The van der Waals surface area contributed by atoms with Gasteiger partial charge in [0.1, 0.15) is 11.9 Å². The molecule has 182 valence electrons. The van der Waals surface area contributed by atoms with Crippen molar-refractivity contribution in [3.63, 3.8) is 0 Å². The minimum absolute atomic E-state index is 0.161. The Morgan fingerprint density at radius 2 is 1.94 bits per heavy atom. The molecule has 0 radical (unpaired) electrons. The normalized spacial score (nSPS) is 14.8. The highest BCUT2D eigenvalue weighted by Gasteiger charge is 2.27. The summed E-state index contributed by atoms with van der Waals surface area (Å²) in [4.78, 5) is 42.7. The third-order valence-corrected chi connectivity index (χ3v) is 5.93. The van der Waals surface area contributed by atoms with Gasteiger partial charge in [0.15, 0.2) is 0 Å². The Hall–Kier alpha value is -3.43. The summed E-state index contributed by atoms with van der Waals surface area (Å²) in [5, 5.41) is 15.1. The molecule has 1 aliphatic rings. The van der Waals surface area contributed by atoms with Crippen molar-refractivity contribution in [1.29, 1.82) is 0 Å². The molecule has 0 fully saturated rings. The molecule has 1 atom stereocenters. The molecule has 2 amide bonds. The number of carbonyl (C=O) groups excluding carboxylic acids is 3. The third kappa shape index (κ3) is 5.37. The van der Waals surface area contributed by atoms with Crippen LogP contribution in [0.5, 0.6) is 5.75 Å². The Bertz CT molecular complexity index is 1130. The van der Waals surface area contributed by atoms with Crippen molar-refractivity contribution in [1.82, 2.24) is 15.2 Å². The summed E-state index contributed by atoms with van der Waals surface area (Å²) in [6.07, 6.45) is 0.431. The number of H-pyrrole nitrogens is 1. The maximum atomic E-state index is 12.8. The standard InChI is InChI=1S/C25H32N4O5/c1-6-29(7-2)11-10-26-24(32)22-14(3)21(27-15(22)4)13-19-18-12-17(34-25(33)16(5)30)8-9-20(18)28-23(19)31/h8-9,12-13,16,27,30H,6-7,10-11H2,1-5H3,(H,26,32)(H,28,31)/b19-13+/t16-/m0/s1. The Morgan fingerprint density at radius 1 is 1.24 bits per heavy atom. The molecule has 0 spiro atoms. The molecule has 2 heterocycles. The minimum Gasteiger partial charge on any atom is -0.425 e. The number of nitrogens with zero attached hydrogens (tertiary/aromatic N) is 1. The second-order valence-corrected chi connectivity index (χ2v) is 8.26. The van der Waals surface area contributed by atoms with E-state index < -0.39 is 12.1 Å².